The highest BCUT2D eigenvalue weighted by Crippen LogP contribution is 2.16. The number of carbonyl (C=O) groups excluding carboxylic acids is 1. The Balaban J connectivity index is 1.61. The fourth-order valence-electron chi connectivity index (χ4n) is 2.53. The average molecular weight is 312 g/mol. The number of pyridine rings is 2. The van der Waals surface area contributed by atoms with Gasteiger partial charge in [-0.05, 0) is 44.0 Å². The highest BCUT2D eigenvalue weighted by atomic mass is 16.5. The van der Waals surface area contributed by atoms with Gasteiger partial charge in [-0.15, -0.1) is 0 Å². The van der Waals surface area contributed by atoms with Crippen molar-refractivity contribution in [3.05, 3.63) is 47.9 Å². The lowest BCUT2D eigenvalue weighted by molar-refractivity contribution is 0.0904. The van der Waals surface area contributed by atoms with Crippen LogP contribution in [0.25, 0.3) is 0 Å². The second-order valence-electron chi connectivity index (χ2n) is 5.55. The molecule has 1 saturated heterocycles. The van der Waals surface area contributed by atoms with E-state index in [9.17, 15) is 4.79 Å². The lowest BCUT2D eigenvalue weighted by atomic mass is 10.1. The zero-order valence-corrected chi connectivity index (χ0v) is 13.1. The van der Waals surface area contributed by atoms with Gasteiger partial charge >= 0.3 is 0 Å². The van der Waals surface area contributed by atoms with E-state index in [2.05, 4.69) is 20.6 Å². The molecule has 0 saturated carbocycles. The summed E-state index contributed by atoms with van der Waals surface area (Å²) in [6.07, 6.45) is 5.30. The summed E-state index contributed by atoms with van der Waals surface area (Å²) in [5.41, 5.74) is 1.93. The molecule has 1 amide bonds. The van der Waals surface area contributed by atoms with Crippen LogP contribution in [-0.4, -0.2) is 35.1 Å². The van der Waals surface area contributed by atoms with Crippen molar-refractivity contribution < 1.29 is 9.53 Å². The zero-order valence-electron chi connectivity index (χ0n) is 13.1. The molecule has 1 aliphatic rings. The van der Waals surface area contributed by atoms with Crippen LogP contribution < -0.4 is 10.6 Å². The van der Waals surface area contributed by atoms with Crippen molar-refractivity contribution in [1.82, 2.24) is 9.97 Å². The van der Waals surface area contributed by atoms with Crippen LogP contribution in [0, 0.1) is 6.92 Å². The number of rotatable bonds is 4. The Morgan fingerprint density at radius 2 is 2.04 bits per heavy atom. The topological polar surface area (TPSA) is 76.1 Å². The number of nitrogens with zero attached hydrogens (tertiary/aromatic N) is 2. The third kappa shape index (κ3) is 4.04. The molecule has 1 aliphatic heterocycles. The number of nitrogens with one attached hydrogen (secondary N) is 2. The van der Waals surface area contributed by atoms with Crippen molar-refractivity contribution in [2.75, 3.05) is 23.8 Å². The normalized spacial score (nSPS) is 15.2. The Morgan fingerprint density at radius 3 is 2.74 bits per heavy atom. The maximum Gasteiger partial charge on any atom is 0.257 e. The highest BCUT2D eigenvalue weighted by molar-refractivity contribution is 6.04. The molecule has 0 radical (unpaired) electrons. The third-order valence-electron chi connectivity index (χ3n) is 3.85. The quantitative estimate of drug-likeness (QED) is 0.907. The first-order valence-electron chi connectivity index (χ1n) is 7.75. The maximum atomic E-state index is 12.2. The molecule has 0 unspecified atom stereocenters. The van der Waals surface area contributed by atoms with E-state index in [1.54, 1.807) is 24.5 Å². The van der Waals surface area contributed by atoms with Crippen LogP contribution in [0.3, 0.4) is 0 Å². The minimum Gasteiger partial charge on any atom is -0.381 e. The molecule has 0 aliphatic carbocycles. The fourth-order valence-corrected chi connectivity index (χ4v) is 2.53. The summed E-state index contributed by atoms with van der Waals surface area (Å²) in [4.78, 5) is 20.7. The van der Waals surface area contributed by atoms with Gasteiger partial charge in [-0.2, -0.15) is 0 Å². The highest BCUT2D eigenvalue weighted by Gasteiger charge is 2.14. The number of ether oxygens (including phenoxy) is 1. The summed E-state index contributed by atoms with van der Waals surface area (Å²) in [5.74, 6) is 0.634. The molecule has 0 bridgehead atoms. The lowest BCUT2D eigenvalue weighted by Crippen LogP contribution is -2.28. The molecule has 6 heteroatoms. The summed E-state index contributed by atoms with van der Waals surface area (Å²) in [5, 5.41) is 6.23. The average Bonchev–Trinajstić information content (AvgIpc) is 2.58. The first-order valence-corrected chi connectivity index (χ1v) is 7.75. The van der Waals surface area contributed by atoms with E-state index in [4.69, 9.17) is 4.74 Å². The van der Waals surface area contributed by atoms with Gasteiger partial charge in [0.05, 0.1) is 17.4 Å². The van der Waals surface area contributed by atoms with Crippen molar-refractivity contribution in [1.29, 1.82) is 0 Å². The molecule has 3 rings (SSSR count). The predicted molar refractivity (Wildman–Crippen MR) is 88.6 cm³/mol. The molecule has 3 heterocycles. The zero-order chi connectivity index (χ0) is 16.1. The predicted octanol–water partition coefficient (Wildman–Crippen LogP) is 2.63. The second-order valence-corrected chi connectivity index (χ2v) is 5.55. The minimum atomic E-state index is -0.178. The van der Waals surface area contributed by atoms with Gasteiger partial charge < -0.3 is 15.4 Å². The first-order chi connectivity index (χ1) is 11.2. The summed E-state index contributed by atoms with van der Waals surface area (Å²) >= 11 is 0. The summed E-state index contributed by atoms with van der Waals surface area (Å²) in [6.45, 7) is 3.39. The molecule has 2 N–H and O–H groups in total. The van der Waals surface area contributed by atoms with Gasteiger partial charge in [0.15, 0.2) is 0 Å². The van der Waals surface area contributed by atoms with Crippen molar-refractivity contribution in [3.63, 3.8) is 0 Å². The van der Waals surface area contributed by atoms with E-state index in [-0.39, 0.29) is 5.91 Å². The molecule has 1 fully saturated rings. The van der Waals surface area contributed by atoms with E-state index >= 15 is 0 Å². The van der Waals surface area contributed by atoms with Crippen LogP contribution in [0.2, 0.25) is 0 Å². The van der Waals surface area contributed by atoms with Crippen LogP contribution in [-0.2, 0) is 4.74 Å². The Bertz CT molecular complexity index is 667. The van der Waals surface area contributed by atoms with Crippen LogP contribution in [0.15, 0.2) is 36.7 Å². The number of amides is 1. The monoisotopic (exact) mass is 312 g/mol. The van der Waals surface area contributed by atoms with Crippen molar-refractivity contribution in [3.8, 4) is 0 Å². The third-order valence-corrected chi connectivity index (χ3v) is 3.85. The molecule has 0 spiro atoms. The fraction of sp³-hybridized carbons (Fsp3) is 0.353. The van der Waals surface area contributed by atoms with Gasteiger partial charge in [0, 0.05) is 31.1 Å². The van der Waals surface area contributed by atoms with Crippen LogP contribution in [0.5, 0.6) is 0 Å². The van der Waals surface area contributed by atoms with E-state index in [0.29, 0.717) is 23.0 Å². The van der Waals surface area contributed by atoms with Crippen LogP contribution in [0.4, 0.5) is 11.5 Å². The van der Waals surface area contributed by atoms with E-state index in [0.717, 1.165) is 31.9 Å². The standard InChI is InChI=1S/C17H20N4O2/c1-12-15(3-2-8-18-12)17(22)21-14-4-5-16(19-11-14)20-13-6-9-23-10-7-13/h2-5,8,11,13H,6-7,9-10H2,1H3,(H,19,20)(H,21,22). The van der Waals surface area contributed by atoms with E-state index < -0.39 is 0 Å². The van der Waals surface area contributed by atoms with E-state index in [1.165, 1.54) is 0 Å². The van der Waals surface area contributed by atoms with Gasteiger partial charge in [-0.1, -0.05) is 0 Å². The molecular formula is C17H20N4O2. The van der Waals surface area contributed by atoms with Gasteiger partial charge in [0.2, 0.25) is 0 Å². The van der Waals surface area contributed by atoms with Gasteiger partial charge in [-0.3, -0.25) is 9.78 Å². The Labute approximate surface area is 135 Å². The Hall–Kier alpha value is -2.47. The molecule has 23 heavy (non-hydrogen) atoms. The van der Waals surface area contributed by atoms with Crippen molar-refractivity contribution in [2.45, 2.75) is 25.8 Å². The molecule has 6 nitrogen and oxygen atoms in total. The number of anilines is 2. The number of carbonyl (C=O) groups is 1. The Kier molecular flexibility index (Phi) is 4.83. The SMILES string of the molecule is Cc1ncccc1C(=O)Nc1ccc(NC2CCOCC2)nc1. The van der Waals surface area contributed by atoms with Crippen LogP contribution in [0.1, 0.15) is 28.9 Å². The summed E-state index contributed by atoms with van der Waals surface area (Å²) in [6, 6.07) is 7.63. The van der Waals surface area contributed by atoms with Gasteiger partial charge in [0.1, 0.15) is 5.82 Å². The summed E-state index contributed by atoms with van der Waals surface area (Å²) < 4.78 is 5.34. The molecule has 0 atom stereocenters. The van der Waals surface area contributed by atoms with Crippen molar-refractivity contribution >= 4 is 17.4 Å². The van der Waals surface area contributed by atoms with Gasteiger partial charge in [0.25, 0.3) is 5.91 Å². The maximum absolute atomic E-state index is 12.2. The number of hydrogen-bond acceptors (Lipinski definition) is 5. The first kappa shape index (κ1) is 15.4. The van der Waals surface area contributed by atoms with Crippen molar-refractivity contribution in [2.24, 2.45) is 0 Å². The van der Waals surface area contributed by atoms with Gasteiger partial charge in [-0.25, -0.2) is 4.98 Å². The number of aryl methyl sites for hydroxylation is 1. The minimum absolute atomic E-state index is 0.178. The Morgan fingerprint density at radius 1 is 1.22 bits per heavy atom. The second kappa shape index (κ2) is 7.19. The molecule has 2 aromatic heterocycles. The number of hydrogen-bond donors (Lipinski definition) is 2. The van der Waals surface area contributed by atoms with E-state index in [1.807, 2.05) is 19.1 Å². The number of aromatic nitrogens is 2. The molecular weight excluding hydrogens is 292 g/mol. The molecule has 120 valence electrons. The largest absolute Gasteiger partial charge is 0.381 e. The summed E-state index contributed by atoms with van der Waals surface area (Å²) in [7, 11) is 0. The van der Waals surface area contributed by atoms with Crippen LogP contribution >= 0.6 is 0 Å². The molecule has 0 aromatic carbocycles. The lowest BCUT2D eigenvalue weighted by Gasteiger charge is -2.23. The smallest absolute Gasteiger partial charge is 0.257 e. The molecule has 2 aromatic rings.